The van der Waals surface area contributed by atoms with Gasteiger partial charge in [0.05, 0.1) is 7.11 Å². The molecule has 0 aliphatic heterocycles. The van der Waals surface area contributed by atoms with Crippen molar-refractivity contribution in [1.29, 1.82) is 0 Å². The normalized spacial score (nSPS) is 10.4. The summed E-state index contributed by atoms with van der Waals surface area (Å²) in [5.74, 6) is 2.88. The zero-order chi connectivity index (χ0) is 17.6. The van der Waals surface area contributed by atoms with E-state index >= 15 is 0 Å². The maximum Gasteiger partial charge on any atom is 0.224 e. The van der Waals surface area contributed by atoms with E-state index in [1.54, 1.807) is 19.5 Å². The Kier molecular flexibility index (Phi) is 5.09. The highest BCUT2D eigenvalue weighted by Gasteiger charge is 2.07. The summed E-state index contributed by atoms with van der Waals surface area (Å²) in [5.41, 5.74) is 3.13. The molecule has 3 rings (SSSR count). The van der Waals surface area contributed by atoms with Crippen molar-refractivity contribution >= 4 is 17.6 Å². The van der Waals surface area contributed by atoms with Crippen LogP contribution in [0.15, 0.2) is 48.8 Å². The Balaban J connectivity index is 1.75. The SMILES string of the molecule is COc1ccccc1CNc1ncc(C)c(Nc2cc(C)ccn2)n1. The van der Waals surface area contributed by atoms with Gasteiger partial charge in [-0.3, -0.25) is 0 Å². The molecule has 2 aromatic heterocycles. The van der Waals surface area contributed by atoms with Crippen molar-refractivity contribution in [1.82, 2.24) is 15.0 Å². The van der Waals surface area contributed by atoms with E-state index in [0.29, 0.717) is 12.5 Å². The second-order valence-corrected chi connectivity index (χ2v) is 5.73. The molecule has 3 aromatic rings. The van der Waals surface area contributed by atoms with E-state index in [4.69, 9.17) is 4.74 Å². The molecule has 0 unspecified atom stereocenters. The minimum atomic E-state index is 0.548. The Hall–Kier alpha value is -3.15. The van der Waals surface area contributed by atoms with Gasteiger partial charge < -0.3 is 15.4 Å². The number of aromatic nitrogens is 3. The largest absolute Gasteiger partial charge is 0.496 e. The van der Waals surface area contributed by atoms with E-state index in [2.05, 4.69) is 25.6 Å². The fourth-order valence-electron chi connectivity index (χ4n) is 2.40. The molecular weight excluding hydrogens is 314 g/mol. The van der Waals surface area contributed by atoms with Gasteiger partial charge in [0.2, 0.25) is 5.95 Å². The van der Waals surface area contributed by atoms with Crippen LogP contribution in [0.3, 0.4) is 0 Å². The first-order valence-corrected chi connectivity index (χ1v) is 8.05. The van der Waals surface area contributed by atoms with Crippen LogP contribution in [0.5, 0.6) is 5.75 Å². The predicted octanol–water partition coefficient (Wildman–Crippen LogP) is 3.85. The average molecular weight is 335 g/mol. The summed E-state index contributed by atoms with van der Waals surface area (Å²) >= 11 is 0. The zero-order valence-corrected chi connectivity index (χ0v) is 14.6. The van der Waals surface area contributed by atoms with Gasteiger partial charge in [-0.05, 0) is 37.6 Å². The Morgan fingerprint density at radius 2 is 1.92 bits per heavy atom. The molecule has 0 radical (unpaired) electrons. The zero-order valence-electron chi connectivity index (χ0n) is 14.6. The molecule has 0 aliphatic carbocycles. The Bertz CT molecular complexity index is 866. The highest BCUT2D eigenvalue weighted by atomic mass is 16.5. The van der Waals surface area contributed by atoms with E-state index in [-0.39, 0.29) is 0 Å². The first-order valence-electron chi connectivity index (χ1n) is 8.05. The summed E-state index contributed by atoms with van der Waals surface area (Å²) in [7, 11) is 1.66. The van der Waals surface area contributed by atoms with Crippen LogP contribution in [0.1, 0.15) is 16.7 Å². The van der Waals surface area contributed by atoms with Gasteiger partial charge in [0.1, 0.15) is 17.4 Å². The lowest BCUT2D eigenvalue weighted by Gasteiger charge is -2.12. The molecule has 0 bridgehead atoms. The molecule has 128 valence electrons. The first-order chi connectivity index (χ1) is 12.2. The first kappa shape index (κ1) is 16.7. The van der Waals surface area contributed by atoms with Crippen molar-refractivity contribution < 1.29 is 4.74 Å². The fraction of sp³-hybridized carbons (Fsp3) is 0.211. The Morgan fingerprint density at radius 1 is 1.08 bits per heavy atom. The van der Waals surface area contributed by atoms with Crippen LogP contribution in [0.2, 0.25) is 0 Å². The van der Waals surface area contributed by atoms with Crippen LogP contribution in [0, 0.1) is 13.8 Å². The van der Waals surface area contributed by atoms with Gasteiger partial charge in [-0.25, -0.2) is 9.97 Å². The standard InChI is InChI=1S/C19H21N5O/c1-13-8-9-20-17(10-13)23-18-14(2)11-21-19(24-18)22-12-15-6-4-5-7-16(15)25-3/h4-11H,12H2,1-3H3,(H2,20,21,22,23,24). The summed E-state index contributed by atoms with van der Waals surface area (Å²) < 4.78 is 5.37. The van der Waals surface area contributed by atoms with Gasteiger partial charge in [-0.1, -0.05) is 18.2 Å². The molecule has 6 heteroatoms. The van der Waals surface area contributed by atoms with Crippen LogP contribution >= 0.6 is 0 Å². The molecule has 0 atom stereocenters. The van der Waals surface area contributed by atoms with E-state index < -0.39 is 0 Å². The van der Waals surface area contributed by atoms with Gasteiger partial charge in [0.25, 0.3) is 0 Å². The van der Waals surface area contributed by atoms with Crippen molar-refractivity contribution in [2.45, 2.75) is 20.4 Å². The van der Waals surface area contributed by atoms with E-state index in [1.807, 2.05) is 50.2 Å². The third-order valence-corrected chi connectivity index (χ3v) is 3.76. The minimum Gasteiger partial charge on any atom is -0.496 e. The summed E-state index contributed by atoms with van der Waals surface area (Å²) in [6.45, 7) is 4.57. The molecular formula is C19H21N5O. The number of rotatable bonds is 6. The molecule has 0 saturated heterocycles. The van der Waals surface area contributed by atoms with Crippen LogP contribution < -0.4 is 15.4 Å². The second kappa shape index (κ2) is 7.61. The minimum absolute atomic E-state index is 0.548. The Morgan fingerprint density at radius 3 is 2.72 bits per heavy atom. The second-order valence-electron chi connectivity index (χ2n) is 5.73. The smallest absolute Gasteiger partial charge is 0.224 e. The van der Waals surface area contributed by atoms with Crippen molar-refractivity contribution in [2.24, 2.45) is 0 Å². The lowest BCUT2D eigenvalue weighted by atomic mass is 10.2. The number of pyridine rings is 1. The van der Waals surface area contributed by atoms with Crippen molar-refractivity contribution in [3.05, 3.63) is 65.5 Å². The molecule has 0 saturated carbocycles. The number of hydrogen-bond donors (Lipinski definition) is 2. The molecule has 6 nitrogen and oxygen atoms in total. The number of hydrogen-bond acceptors (Lipinski definition) is 6. The maximum atomic E-state index is 5.37. The highest BCUT2D eigenvalue weighted by Crippen LogP contribution is 2.20. The average Bonchev–Trinajstić information content (AvgIpc) is 2.62. The number of aryl methyl sites for hydroxylation is 2. The summed E-state index contributed by atoms with van der Waals surface area (Å²) in [6.07, 6.45) is 3.56. The number of nitrogens with zero attached hydrogens (tertiary/aromatic N) is 3. The number of para-hydroxylation sites is 1. The van der Waals surface area contributed by atoms with E-state index in [1.165, 1.54) is 0 Å². The van der Waals surface area contributed by atoms with Crippen LogP contribution in [-0.2, 0) is 6.54 Å². The molecule has 2 N–H and O–H groups in total. The number of methoxy groups -OCH3 is 1. The molecule has 0 fully saturated rings. The van der Waals surface area contributed by atoms with Crippen molar-refractivity contribution in [2.75, 3.05) is 17.7 Å². The summed E-state index contributed by atoms with van der Waals surface area (Å²) in [6, 6.07) is 11.8. The fourth-order valence-corrected chi connectivity index (χ4v) is 2.40. The summed E-state index contributed by atoms with van der Waals surface area (Å²) in [4.78, 5) is 13.2. The van der Waals surface area contributed by atoms with Crippen LogP contribution in [0.25, 0.3) is 0 Å². The van der Waals surface area contributed by atoms with E-state index in [0.717, 1.165) is 34.1 Å². The van der Waals surface area contributed by atoms with Crippen molar-refractivity contribution in [3.8, 4) is 5.75 Å². The van der Waals surface area contributed by atoms with Gasteiger partial charge >= 0.3 is 0 Å². The van der Waals surface area contributed by atoms with Gasteiger partial charge in [0, 0.05) is 30.1 Å². The lowest BCUT2D eigenvalue weighted by molar-refractivity contribution is 0.410. The monoisotopic (exact) mass is 335 g/mol. The Labute approximate surface area is 147 Å². The lowest BCUT2D eigenvalue weighted by Crippen LogP contribution is -2.07. The van der Waals surface area contributed by atoms with Crippen LogP contribution in [-0.4, -0.2) is 22.1 Å². The van der Waals surface area contributed by atoms with Gasteiger partial charge in [-0.2, -0.15) is 4.98 Å². The van der Waals surface area contributed by atoms with Gasteiger partial charge in [-0.15, -0.1) is 0 Å². The topological polar surface area (TPSA) is 72.0 Å². The van der Waals surface area contributed by atoms with Gasteiger partial charge in [0.15, 0.2) is 0 Å². The maximum absolute atomic E-state index is 5.37. The third kappa shape index (κ3) is 4.23. The quantitative estimate of drug-likeness (QED) is 0.713. The third-order valence-electron chi connectivity index (χ3n) is 3.76. The molecule has 0 amide bonds. The number of anilines is 3. The highest BCUT2D eigenvalue weighted by molar-refractivity contribution is 5.57. The molecule has 25 heavy (non-hydrogen) atoms. The van der Waals surface area contributed by atoms with E-state index in [9.17, 15) is 0 Å². The van der Waals surface area contributed by atoms with Crippen molar-refractivity contribution in [3.63, 3.8) is 0 Å². The molecule has 0 spiro atoms. The number of ether oxygens (including phenoxy) is 1. The molecule has 1 aromatic carbocycles. The molecule has 0 aliphatic rings. The molecule has 2 heterocycles. The summed E-state index contributed by atoms with van der Waals surface area (Å²) in [5, 5.41) is 6.49. The number of benzene rings is 1. The predicted molar refractivity (Wildman–Crippen MR) is 99.3 cm³/mol. The van der Waals surface area contributed by atoms with Crippen LogP contribution in [0.4, 0.5) is 17.6 Å². The number of nitrogens with one attached hydrogen (secondary N) is 2.